The molecule has 0 saturated carbocycles. The van der Waals surface area contributed by atoms with Crippen molar-refractivity contribution in [3.63, 3.8) is 0 Å². The second-order valence-corrected chi connectivity index (χ2v) is 3.93. The fourth-order valence-electron chi connectivity index (χ4n) is 2.01. The molecule has 2 aliphatic carbocycles. The van der Waals surface area contributed by atoms with Gasteiger partial charge in [-0.1, -0.05) is 60.7 Å². The summed E-state index contributed by atoms with van der Waals surface area (Å²) in [5.41, 5.74) is 5.16. The van der Waals surface area contributed by atoms with Crippen molar-refractivity contribution in [2.24, 2.45) is 0 Å². The van der Waals surface area contributed by atoms with Crippen LogP contribution in [0.3, 0.4) is 0 Å². The third kappa shape index (κ3) is 1.59. The Hall–Kier alpha value is -2.08. The normalized spacial score (nSPS) is 10.5. The number of hydrogen-bond acceptors (Lipinski definition) is 0. The Bertz CT molecular complexity index is 536. The van der Waals surface area contributed by atoms with Crippen LogP contribution in [0.5, 0.6) is 0 Å². The summed E-state index contributed by atoms with van der Waals surface area (Å²) in [6, 6.07) is 25.5. The average Bonchev–Trinajstić information content (AvgIpc) is 2.62. The van der Waals surface area contributed by atoms with Gasteiger partial charge in [-0.25, -0.2) is 0 Å². The molecule has 16 heavy (non-hydrogen) atoms. The molecule has 0 bridgehead atoms. The molecule has 0 heterocycles. The smallest absolute Gasteiger partial charge is 0.0172 e. The molecular weight excluding hydrogens is 193 g/mol. The summed E-state index contributed by atoms with van der Waals surface area (Å²) in [7, 11) is 0. The molecule has 3 rings (SSSR count). The predicted molar refractivity (Wildman–Crippen MR) is 68.5 cm³/mol. The topological polar surface area (TPSA) is 0 Å². The van der Waals surface area contributed by atoms with Gasteiger partial charge in [-0.2, -0.15) is 0 Å². The zero-order valence-electron chi connectivity index (χ0n) is 8.93. The summed E-state index contributed by atoms with van der Waals surface area (Å²) in [6.45, 7) is 0. The zero-order chi connectivity index (χ0) is 10.8. The van der Waals surface area contributed by atoms with Crippen molar-refractivity contribution < 1.29 is 0 Å². The maximum absolute atomic E-state index is 2.24. The summed E-state index contributed by atoms with van der Waals surface area (Å²) in [4.78, 5) is 0. The van der Waals surface area contributed by atoms with E-state index < -0.39 is 0 Å². The molecule has 0 saturated heterocycles. The maximum atomic E-state index is 2.24. The minimum absolute atomic E-state index is 1.28. The highest BCUT2D eigenvalue weighted by atomic mass is 14.4. The Balaban J connectivity index is 2.18. The number of fused-ring (bicyclic) bond motifs is 1. The van der Waals surface area contributed by atoms with Crippen LogP contribution in [0.25, 0.3) is 22.3 Å². The molecule has 0 fully saturated rings. The summed E-state index contributed by atoms with van der Waals surface area (Å²) in [5, 5.41) is 0. The van der Waals surface area contributed by atoms with Crippen LogP contribution in [0.15, 0.2) is 72.8 Å². The summed E-state index contributed by atoms with van der Waals surface area (Å²) in [6.07, 6.45) is 0. The van der Waals surface area contributed by atoms with Gasteiger partial charge in [0, 0.05) is 0 Å². The van der Waals surface area contributed by atoms with E-state index in [1.807, 2.05) is 6.07 Å². The van der Waals surface area contributed by atoms with Crippen LogP contribution in [0.4, 0.5) is 0 Å². The lowest BCUT2D eigenvalue weighted by molar-refractivity contribution is 1.68. The van der Waals surface area contributed by atoms with Crippen molar-refractivity contribution >= 4 is 0 Å². The van der Waals surface area contributed by atoms with Crippen molar-refractivity contribution in [1.82, 2.24) is 0 Å². The van der Waals surface area contributed by atoms with Crippen LogP contribution in [0.1, 0.15) is 0 Å². The van der Waals surface area contributed by atoms with E-state index in [-0.39, 0.29) is 0 Å². The summed E-state index contributed by atoms with van der Waals surface area (Å²) in [5.74, 6) is 0. The van der Waals surface area contributed by atoms with Gasteiger partial charge in [0.25, 0.3) is 0 Å². The molecule has 0 aromatic heterocycles. The van der Waals surface area contributed by atoms with E-state index in [9.17, 15) is 0 Å². The van der Waals surface area contributed by atoms with Crippen molar-refractivity contribution in [1.29, 1.82) is 0 Å². The number of rotatable bonds is 1. The van der Waals surface area contributed by atoms with Crippen LogP contribution in [-0.4, -0.2) is 0 Å². The molecule has 1 aromatic carbocycles. The third-order valence-electron chi connectivity index (χ3n) is 2.84. The van der Waals surface area contributed by atoms with Gasteiger partial charge in [0.15, 0.2) is 0 Å². The van der Waals surface area contributed by atoms with Gasteiger partial charge in [0.05, 0.1) is 0 Å². The maximum Gasteiger partial charge on any atom is -0.0172 e. The third-order valence-corrected chi connectivity index (χ3v) is 2.84. The summed E-state index contributed by atoms with van der Waals surface area (Å²) < 4.78 is 0. The molecule has 0 atom stereocenters. The predicted octanol–water partition coefficient (Wildman–Crippen LogP) is 4.46. The lowest BCUT2D eigenvalue weighted by Crippen LogP contribution is -1.69. The SMILES string of the molecule is c1ccc2c[13c](-c3ccccc3)cc-2cc1. The molecule has 76 valence electrons. The Morgan fingerprint density at radius 3 is 1.31 bits per heavy atom. The van der Waals surface area contributed by atoms with Gasteiger partial charge in [-0.05, 0) is 34.4 Å². The van der Waals surface area contributed by atoms with Gasteiger partial charge < -0.3 is 0 Å². The molecule has 0 amide bonds. The molecule has 0 heteroatoms. The van der Waals surface area contributed by atoms with Gasteiger partial charge in [-0.3, -0.25) is 0 Å². The minimum atomic E-state index is 1.28. The fourth-order valence-corrected chi connectivity index (χ4v) is 2.01. The Labute approximate surface area is 95.5 Å². The molecule has 2 aliphatic rings. The van der Waals surface area contributed by atoms with Crippen molar-refractivity contribution in [2.75, 3.05) is 0 Å². The lowest BCUT2D eigenvalue weighted by Gasteiger charge is -1.94. The Morgan fingerprint density at radius 2 is 0.812 bits per heavy atom. The molecule has 0 radical (unpaired) electrons. The molecule has 0 aliphatic heterocycles. The minimum Gasteiger partial charge on any atom is -0.0622 e. The van der Waals surface area contributed by atoms with E-state index >= 15 is 0 Å². The van der Waals surface area contributed by atoms with Gasteiger partial charge in [-0.15, -0.1) is 0 Å². The van der Waals surface area contributed by atoms with Crippen LogP contribution >= 0.6 is 0 Å². The first-order valence-electron chi connectivity index (χ1n) is 5.48. The second kappa shape index (κ2) is 3.82. The highest BCUT2D eigenvalue weighted by molar-refractivity contribution is 5.79. The first kappa shape index (κ1) is 9.17. The molecule has 0 N–H and O–H groups in total. The molecular formula is C16H12. The van der Waals surface area contributed by atoms with Gasteiger partial charge in [0.2, 0.25) is 0 Å². The molecule has 0 spiro atoms. The van der Waals surface area contributed by atoms with Crippen LogP contribution in [0.2, 0.25) is 0 Å². The largest absolute Gasteiger partial charge is 0.0622 e. The molecule has 1 aromatic rings. The van der Waals surface area contributed by atoms with Crippen molar-refractivity contribution in [3.05, 3.63) is 72.8 Å². The lowest BCUT2D eigenvalue weighted by atomic mass is 10.2. The average molecular weight is 205 g/mol. The monoisotopic (exact) mass is 205 g/mol. The van der Waals surface area contributed by atoms with E-state index in [0.29, 0.717) is 0 Å². The van der Waals surface area contributed by atoms with E-state index in [0.717, 1.165) is 0 Å². The van der Waals surface area contributed by atoms with Crippen LogP contribution in [0, 0.1) is 0 Å². The summed E-state index contributed by atoms with van der Waals surface area (Å²) >= 11 is 0. The van der Waals surface area contributed by atoms with Crippen molar-refractivity contribution in [3.8, 4) is 22.3 Å². The van der Waals surface area contributed by atoms with E-state index in [1.165, 1.54) is 22.3 Å². The van der Waals surface area contributed by atoms with Gasteiger partial charge >= 0.3 is 0 Å². The van der Waals surface area contributed by atoms with Crippen molar-refractivity contribution in [2.45, 2.75) is 0 Å². The highest BCUT2D eigenvalue weighted by Crippen LogP contribution is 2.31. The van der Waals surface area contributed by atoms with E-state index in [1.54, 1.807) is 0 Å². The Kier molecular flexibility index (Phi) is 2.19. The van der Waals surface area contributed by atoms with E-state index in [4.69, 9.17) is 0 Å². The highest BCUT2D eigenvalue weighted by Gasteiger charge is 2.05. The first-order valence-corrected chi connectivity index (χ1v) is 5.48. The molecule has 0 unspecified atom stereocenters. The van der Waals surface area contributed by atoms with E-state index in [2.05, 4.69) is 66.7 Å². The zero-order valence-corrected chi connectivity index (χ0v) is 8.93. The second-order valence-electron chi connectivity index (χ2n) is 3.93. The van der Waals surface area contributed by atoms with Crippen LogP contribution < -0.4 is 0 Å². The number of hydrogen-bond donors (Lipinski definition) is 0. The number of benzene rings is 1. The fraction of sp³-hybridized carbons (Fsp3) is 0. The Morgan fingerprint density at radius 1 is 0.375 bits per heavy atom. The quantitative estimate of drug-likeness (QED) is 0.550. The standard InChI is InChI=1S/C16H12/c1-3-7-13(8-4-1)16-11-14-9-5-2-6-10-15(14)12-16/h1-12H/i16+1. The van der Waals surface area contributed by atoms with Crippen LogP contribution in [-0.2, 0) is 0 Å². The first-order chi connectivity index (χ1) is 7.93. The molecule has 0 nitrogen and oxygen atoms in total. The van der Waals surface area contributed by atoms with Gasteiger partial charge in [0.1, 0.15) is 0 Å².